The predicted molar refractivity (Wildman–Crippen MR) is 82.9 cm³/mol. The largest absolute Gasteiger partial charge is 0.370 e. The minimum atomic E-state index is -0.216. The molecule has 2 N–H and O–H groups in total. The lowest BCUT2D eigenvalue weighted by Gasteiger charge is -2.08. The van der Waals surface area contributed by atoms with Crippen LogP contribution in [0.15, 0.2) is 41.1 Å². The highest BCUT2D eigenvalue weighted by Gasteiger charge is 2.09. The Labute approximate surface area is 126 Å². The molecule has 0 unspecified atom stereocenters. The van der Waals surface area contributed by atoms with Gasteiger partial charge in [-0.15, -0.1) is 0 Å². The van der Waals surface area contributed by atoms with Crippen molar-refractivity contribution in [3.8, 4) is 0 Å². The van der Waals surface area contributed by atoms with Crippen molar-refractivity contribution < 1.29 is 4.79 Å². The number of nitrogens with one attached hydrogen (secondary N) is 2. The summed E-state index contributed by atoms with van der Waals surface area (Å²) in [7, 11) is 0. The summed E-state index contributed by atoms with van der Waals surface area (Å²) in [6, 6.07) is 7.01. The van der Waals surface area contributed by atoms with Crippen LogP contribution in [-0.2, 0) is 0 Å². The first-order valence-corrected chi connectivity index (χ1v) is 7.12. The van der Waals surface area contributed by atoms with E-state index in [2.05, 4.69) is 43.5 Å². The van der Waals surface area contributed by atoms with E-state index in [1.807, 2.05) is 6.07 Å². The summed E-state index contributed by atoms with van der Waals surface area (Å²) in [4.78, 5) is 20.4. The number of nitrogens with zero attached hydrogens (tertiary/aromatic N) is 2. The molecule has 2 heterocycles. The van der Waals surface area contributed by atoms with Crippen molar-refractivity contribution in [1.82, 2.24) is 9.97 Å². The van der Waals surface area contributed by atoms with Gasteiger partial charge in [-0.2, -0.15) is 0 Å². The van der Waals surface area contributed by atoms with Gasteiger partial charge in [0.05, 0.1) is 4.47 Å². The van der Waals surface area contributed by atoms with E-state index in [1.165, 1.54) is 0 Å². The van der Waals surface area contributed by atoms with Crippen molar-refractivity contribution in [2.75, 3.05) is 17.2 Å². The molecule has 0 spiro atoms. The molecule has 0 radical (unpaired) electrons. The highest BCUT2D eigenvalue weighted by Crippen LogP contribution is 2.19. The lowest BCUT2D eigenvalue weighted by atomic mass is 10.2. The van der Waals surface area contributed by atoms with Gasteiger partial charge < -0.3 is 10.6 Å². The average Bonchev–Trinajstić information content (AvgIpc) is 2.48. The number of aromatic nitrogens is 2. The molecule has 0 atom stereocenters. The second-order valence-corrected chi connectivity index (χ2v) is 5.00. The third-order valence-corrected chi connectivity index (χ3v) is 3.21. The summed E-state index contributed by atoms with van der Waals surface area (Å²) >= 11 is 3.34. The van der Waals surface area contributed by atoms with Crippen LogP contribution in [0.3, 0.4) is 0 Å². The van der Waals surface area contributed by atoms with E-state index in [4.69, 9.17) is 0 Å². The quantitative estimate of drug-likeness (QED) is 0.880. The zero-order valence-corrected chi connectivity index (χ0v) is 12.6. The molecule has 0 aliphatic rings. The molecular weight excluding hydrogens is 320 g/mol. The lowest BCUT2D eigenvalue weighted by molar-refractivity contribution is 0.102. The van der Waals surface area contributed by atoms with Gasteiger partial charge in [-0.1, -0.05) is 6.92 Å². The molecule has 0 saturated heterocycles. The maximum absolute atomic E-state index is 12.2. The number of hydrogen-bond donors (Lipinski definition) is 2. The Morgan fingerprint density at radius 2 is 2.15 bits per heavy atom. The van der Waals surface area contributed by atoms with Crippen LogP contribution in [0.2, 0.25) is 0 Å². The predicted octanol–water partition coefficient (Wildman–Crippen LogP) is 3.31. The second-order valence-electron chi connectivity index (χ2n) is 4.14. The summed E-state index contributed by atoms with van der Waals surface area (Å²) in [6.07, 6.45) is 4.24. The Kier molecular flexibility index (Phi) is 5.06. The summed E-state index contributed by atoms with van der Waals surface area (Å²) in [5.41, 5.74) is 0.538. The third kappa shape index (κ3) is 3.77. The molecule has 5 nitrogen and oxygen atoms in total. The fourth-order valence-corrected chi connectivity index (χ4v) is 1.93. The van der Waals surface area contributed by atoms with Crippen LogP contribution in [0.4, 0.5) is 11.6 Å². The fourth-order valence-electron chi connectivity index (χ4n) is 1.58. The van der Waals surface area contributed by atoms with Crippen LogP contribution < -0.4 is 10.6 Å². The molecule has 6 heteroatoms. The van der Waals surface area contributed by atoms with Gasteiger partial charge >= 0.3 is 0 Å². The SMILES string of the molecule is CCCNc1cc(C(=O)Nc2ncccc2Br)ccn1. The normalized spacial score (nSPS) is 10.1. The Balaban J connectivity index is 2.11. The molecule has 1 amide bonds. The summed E-state index contributed by atoms with van der Waals surface area (Å²) in [5, 5.41) is 5.91. The van der Waals surface area contributed by atoms with Gasteiger partial charge in [0.1, 0.15) is 11.6 Å². The molecule has 0 aliphatic carbocycles. The average molecular weight is 335 g/mol. The zero-order chi connectivity index (χ0) is 14.4. The molecular formula is C14H15BrN4O. The summed E-state index contributed by atoms with van der Waals surface area (Å²) in [6.45, 7) is 2.89. The molecule has 2 aromatic rings. The van der Waals surface area contributed by atoms with Gasteiger partial charge in [0.15, 0.2) is 0 Å². The minimum absolute atomic E-state index is 0.216. The van der Waals surface area contributed by atoms with Crippen molar-refractivity contribution >= 4 is 33.5 Å². The molecule has 104 valence electrons. The van der Waals surface area contributed by atoms with E-state index in [1.54, 1.807) is 30.6 Å². The number of rotatable bonds is 5. The molecule has 2 aromatic heterocycles. The van der Waals surface area contributed by atoms with Crippen molar-refractivity contribution in [2.24, 2.45) is 0 Å². The number of anilines is 2. The monoisotopic (exact) mass is 334 g/mol. The molecule has 0 aliphatic heterocycles. The smallest absolute Gasteiger partial charge is 0.257 e. The van der Waals surface area contributed by atoms with Crippen LogP contribution in [0.25, 0.3) is 0 Å². The number of pyridine rings is 2. The van der Waals surface area contributed by atoms with E-state index < -0.39 is 0 Å². The second kappa shape index (κ2) is 7.00. The van der Waals surface area contributed by atoms with Crippen molar-refractivity contribution in [3.63, 3.8) is 0 Å². The van der Waals surface area contributed by atoms with Crippen LogP contribution in [0.5, 0.6) is 0 Å². The minimum Gasteiger partial charge on any atom is -0.370 e. The first kappa shape index (κ1) is 14.5. The summed E-state index contributed by atoms with van der Waals surface area (Å²) in [5.74, 6) is 0.975. The topological polar surface area (TPSA) is 66.9 Å². The van der Waals surface area contributed by atoms with E-state index in [0.29, 0.717) is 17.2 Å². The number of halogens is 1. The van der Waals surface area contributed by atoms with Gasteiger partial charge in [0.25, 0.3) is 5.91 Å². The highest BCUT2D eigenvalue weighted by atomic mass is 79.9. The Morgan fingerprint density at radius 1 is 1.30 bits per heavy atom. The van der Waals surface area contributed by atoms with Gasteiger partial charge in [-0.3, -0.25) is 4.79 Å². The van der Waals surface area contributed by atoms with E-state index in [-0.39, 0.29) is 5.91 Å². The van der Waals surface area contributed by atoms with E-state index in [9.17, 15) is 4.79 Å². The van der Waals surface area contributed by atoms with Crippen LogP contribution in [0.1, 0.15) is 23.7 Å². The van der Waals surface area contributed by atoms with Crippen LogP contribution in [-0.4, -0.2) is 22.4 Å². The maximum atomic E-state index is 12.2. The number of amides is 1. The fraction of sp³-hybridized carbons (Fsp3) is 0.214. The molecule has 0 bridgehead atoms. The Hall–Kier alpha value is -1.95. The van der Waals surface area contributed by atoms with Gasteiger partial charge in [-0.25, -0.2) is 9.97 Å². The summed E-state index contributed by atoms with van der Waals surface area (Å²) < 4.78 is 0.742. The molecule has 0 fully saturated rings. The zero-order valence-electron chi connectivity index (χ0n) is 11.1. The van der Waals surface area contributed by atoms with Crippen molar-refractivity contribution in [1.29, 1.82) is 0 Å². The third-order valence-electron chi connectivity index (χ3n) is 2.57. The standard InChI is InChI=1S/C14H15BrN4O/c1-2-6-16-12-9-10(5-8-17-12)14(20)19-13-11(15)4-3-7-18-13/h3-5,7-9H,2,6H2,1H3,(H,16,17)(H,18,19,20). The van der Waals surface area contributed by atoms with E-state index in [0.717, 1.165) is 17.4 Å². The highest BCUT2D eigenvalue weighted by molar-refractivity contribution is 9.10. The van der Waals surface area contributed by atoms with Crippen LogP contribution in [0, 0.1) is 0 Å². The lowest BCUT2D eigenvalue weighted by Crippen LogP contribution is -2.14. The number of carbonyl (C=O) groups excluding carboxylic acids is 1. The number of carbonyl (C=O) groups is 1. The molecule has 0 saturated carbocycles. The molecule has 2 rings (SSSR count). The first-order valence-electron chi connectivity index (χ1n) is 6.32. The first-order chi connectivity index (χ1) is 9.70. The Morgan fingerprint density at radius 3 is 2.90 bits per heavy atom. The van der Waals surface area contributed by atoms with Crippen LogP contribution >= 0.6 is 15.9 Å². The number of hydrogen-bond acceptors (Lipinski definition) is 4. The maximum Gasteiger partial charge on any atom is 0.257 e. The van der Waals surface area contributed by atoms with Crippen molar-refractivity contribution in [2.45, 2.75) is 13.3 Å². The molecule has 20 heavy (non-hydrogen) atoms. The van der Waals surface area contributed by atoms with Gasteiger partial charge in [0.2, 0.25) is 0 Å². The van der Waals surface area contributed by atoms with E-state index >= 15 is 0 Å². The molecule has 0 aromatic carbocycles. The van der Waals surface area contributed by atoms with Crippen molar-refractivity contribution in [3.05, 3.63) is 46.7 Å². The van der Waals surface area contributed by atoms with Gasteiger partial charge in [0, 0.05) is 24.5 Å². The van der Waals surface area contributed by atoms with Gasteiger partial charge in [-0.05, 0) is 46.6 Å². The Bertz CT molecular complexity index is 603.